The van der Waals surface area contributed by atoms with Gasteiger partial charge >= 0.3 is 5.97 Å². The molecule has 0 radical (unpaired) electrons. The van der Waals surface area contributed by atoms with E-state index in [0.717, 1.165) is 19.4 Å². The number of nitrogens with one attached hydrogen (secondary N) is 1. The highest BCUT2D eigenvalue weighted by Crippen LogP contribution is 2.09. The minimum Gasteiger partial charge on any atom is -0.480 e. The van der Waals surface area contributed by atoms with Gasteiger partial charge in [-0.3, -0.25) is 4.79 Å². The SMILES string of the molecule is CCCCCCCCCNC(C(=O)O)C(C)CC. The summed E-state index contributed by atoms with van der Waals surface area (Å²) in [6.45, 7) is 7.09. The lowest BCUT2D eigenvalue weighted by Crippen LogP contribution is -2.42. The van der Waals surface area contributed by atoms with Crippen molar-refractivity contribution in [1.82, 2.24) is 5.32 Å². The minimum atomic E-state index is -0.715. The van der Waals surface area contributed by atoms with Crippen molar-refractivity contribution < 1.29 is 9.90 Å². The maximum absolute atomic E-state index is 11.1. The summed E-state index contributed by atoms with van der Waals surface area (Å²) in [5, 5.41) is 12.3. The highest BCUT2D eigenvalue weighted by Gasteiger charge is 2.21. The zero-order chi connectivity index (χ0) is 13.8. The molecule has 0 saturated carbocycles. The number of aliphatic carboxylic acids is 1. The molecule has 3 heteroatoms. The van der Waals surface area contributed by atoms with E-state index in [1.165, 1.54) is 38.5 Å². The van der Waals surface area contributed by atoms with Crippen molar-refractivity contribution >= 4 is 5.97 Å². The molecular formula is C15H31NO2. The summed E-state index contributed by atoms with van der Waals surface area (Å²) in [6.07, 6.45) is 9.78. The summed E-state index contributed by atoms with van der Waals surface area (Å²) in [4.78, 5) is 11.1. The van der Waals surface area contributed by atoms with Gasteiger partial charge in [-0.05, 0) is 18.9 Å². The van der Waals surface area contributed by atoms with Crippen LogP contribution in [0.2, 0.25) is 0 Å². The van der Waals surface area contributed by atoms with Crippen molar-refractivity contribution in [1.29, 1.82) is 0 Å². The molecule has 0 aromatic heterocycles. The highest BCUT2D eigenvalue weighted by molar-refractivity contribution is 5.73. The van der Waals surface area contributed by atoms with Crippen molar-refractivity contribution in [2.24, 2.45) is 5.92 Å². The second-order valence-electron chi connectivity index (χ2n) is 5.28. The van der Waals surface area contributed by atoms with Crippen LogP contribution in [0.5, 0.6) is 0 Å². The monoisotopic (exact) mass is 257 g/mol. The van der Waals surface area contributed by atoms with Gasteiger partial charge in [0.05, 0.1) is 0 Å². The molecule has 0 aliphatic carbocycles. The Hall–Kier alpha value is -0.570. The molecule has 0 saturated heterocycles. The number of carbonyl (C=O) groups is 1. The molecule has 18 heavy (non-hydrogen) atoms. The molecule has 0 heterocycles. The molecular weight excluding hydrogens is 226 g/mol. The van der Waals surface area contributed by atoms with E-state index in [4.69, 9.17) is 5.11 Å². The molecule has 0 aromatic carbocycles. The molecule has 2 unspecified atom stereocenters. The van der Waals surface area contributed by atoms with Crippen LogP contribution in [0.4, 0.5) is 0 Å². The maximum Gasteiger partial charge on any atom is 0.320 e. The molecule has 0 aliphatic heterocycles. The molecule has 0 spiro atoms. The Kier molecular flexibility index (Phi) is 11.2. The standard InChI is InChI=1S/C15H31NO2/c1-4-6-7-8-9-10-11-12-16-14(15(17)18)13(3)5-2/h13-14,16H,4-12H2,1-3H3,(H,17,18). The highest BCUT2D eigenvalue weighted by atomic mass is 16.4. The average molecular weight is 257 g/mol. The summed E-state index contributed by atoms with van der Waals surface area (Å²) in [5.74, 6) is -0.514. The Morgan fingerprint density at radius 2 is 1.61 bits per heavy atom. The number of hydrogen-bond donors (Lipinski definition) is 2. The summed E-state index contributed by atoms with van der Waals surface area (Å²) in [6, 6.07) is -0.380. The van der Waals surface area contributed by atoms with Crippen LogP contribution < -0.4 is 5.32 Å². The van der Waals surface area contributed by atoms with E-state index in [9.17, 15) is 4.79 Å². The van der Waals surface area contributed by atoms with Gasteiger partial charge in [0.25, 0.3) is 0 Å². The van der Waals surface area contributed by atoms with Crippen LogP contribution in [0.15, 0.2) is 0 Å². The molecule has 108 valence electrons. The maximum atomic E-state index is 11.1. The first-order chi connectivity index (χ1) is 8.63. The molecule has 0 amide bonds. The van der Waals surface area contributed by atoms with Crippen LogP contribution in [0.1, 0.15) is 72.1 Å². The molecule has 2 N–H and O–H groups in total. The first kappa shape index (κ1) is 17.4. The number of carboxylic acid groups (broad SMARTS) is 1. The Bertz CT molecular complexity index is 207. The van der Waals surface area contributed by atoms with E-state index in [1.807, 2.05) is 13.8 Å². The van der Waals surface area contributed by atoms with Crippen molar-refractivity contribution in [2.45, 2.75) is 78.2 Å². The van der Waals surface area contributed by atoms with Crippen LogP contribution in [0.25, 0.3) is 0 Å². The third-order valence-electron chi connectivity index (χ3n) is 3.62. The quantitative estimate of drug-likeness (QED) is 0.522. The first-order valence-corrected chi connectivity index (χ1v) is 7.59. The first-order valence-electron chi connectivity index (χ1n) is 7.59. The largest absolute Gasteiger partial charge is 0.480 e. The predicted molar refractivity (Wildman–Crippen MR) is 76.9 cm³/mol. The molecule has 0 aliphatic rings. The number of hydrogen-bond acceptors (Lipinski definition) is 2. The van der Waals surface area contributed by atoms with E-state index in [1.54, 1.807) is 0 Å². The smallest absolute Gasteiger partial charge is 0.320 e. The normalized spacial score (nSPS) is 14.4. The number of unbranched alkanes of at least 4 members (excludes halogenated alkanes) is 6. The third kappa shape index (κ3) is 8.51. The fraction of sp³-hybridized carbons (Fsp3) is 0.933. The Labute approximate surface area is 112 Å². The zero-order valence-corrected chi connectivity index (χ0v) is 12.4. The lowest BCUT2D eigenvalue weighted by molar-refractivity contribution is -0.140. The van der Waals surface area contributed by atoms with E-state index >= 15 is 0 Å². The molecule has 0 rings (SSSR count). The van der Waals surface area contributed by atoms with Gasteiger partial charge in [0.15, 0.2) is 0 Å². The van der Waals surface area contributed by atoms with Crippen LogP contribution in [-0.2, 0) is 4.79 Å². The topological polar surface area (TPSA) is 49.3 Å². The fourth-order valence-electron chi connectivity index (χ4n) is 2.11. The summed E-state index contributed by atoms with van der Waals surface area (Å²) >= 11 is 0. The molecule has 0 fully saturated rings. The average Bonchev–Trinajstić information content (AvgIpc) is 2.35. The van der Waals surface area contributed by atoms with Gasteiger partial charge in [0.2, 0.25) is 0 Å². The molecule has 2 atom stereocenters. The second-order valence-corrected chi connectivity index (χ2v) is 5.28. The summed E-state index contributed by atoms with van der Waals surface area (Å²) < 4.78 is 0. The van der Waals surface area contributed by atoms with E-state index < -0.39 is 5.97 Å². The molecule has 0 aromatic rings. The van der Waals surface area contributed by atoms with E-state index in [0.29, 0.717) is 0 Å². The van der Waals surface area contributed by atoms with Gasteiger partial charge in [-0.15, -0.1) is 0 Å². The Morgan fingerprint density at radius 1 is 1.06 bits per heavy atom. The number of carboxylic acids is 1. The van der Waals surface area contributed by atoms with E-state index in [-0.39, 0.29) is 12.0 Å². The van der Waals surface area contributed by atoms with Crippen LogP contribution in [-0.4, -0.2) is 23.7 Å². The zero-order valence-electron chi connectivity index (χ0n) is 12.4. The minimum absolute atomic E-state index is 0.201. The van der Waals surface area contributed by atoms with Gasteiger partial charge in [0.1, 0.15) is 6.04 Å². The van der Waals surface area contributed by atoms with Gasteiger partial charge in [-0.25, -0.2) is 0 Å². The van der Waals surface area contributed by atoms with Crippen molar-refractivity contribution in [3.8, 4) is 0 Å². The van der Waals surface area contributed by atoms with Gasteiger partial charge < -0.3 is 10.4 Å². The summed E-state index contributed by atoms with van der Waals surface area (Å²) in [7, 11) is 0. The second kappa shape index (κ2) is 11.5. The lowest BCUT2D eigenvalue weighted by Gasteiger charge is -2.20. The lowest BCUT2D eigenvalue weighted by atomic mass is 9.99. The van der Waals surface area contributed by atoms with Gasteiger partial charge in [0, 0.05) is 0 Å². The van der Waals surface area contributed by atoms with Crippen LogP contribution in [0.3, 0.4) is 0 Å². The van der Waals surface area contributed by atoms with Gasteiger partial charge in [-0.2, -0.15) is 0 Å². The fourth-order valence-corrected chi connectivity index (χ4v) is 2.11. The molecule has 3 nitrogen and oxygen atoms in total. The third-order valence-corrected chi connectivity index (χ3v) is 3.62. The number of rotatable bonds is 12. The Morgan fingerprint density at radius 3 is 2.11 bits per heavy atom. The van der Waals surface area contributed by atoms with Gasteiger partial charge in [-0.1, -0.05) is 65.7 Å². The van der Waals surface area contributed by atoms with Crippen LogP contribution in [0, 0.1) is 5.92 Å². The Balaban J connectivity index is 3.53. The van der Waals surface area contributed by atoms with Crippen molar-refractivity contribution in [3.63, 3.8) is 0 Å². The van der Waals surface area contributed by atoms with Crippen LogP contribution >= 0.6 is 0 Å². The molecule has 0 bridgehead atoms. The van der Waals surface area contributed by atoms with Crippen molar-refractivity contribution in [2.75, 3.05) is 6.54 Å². The van der Waals surface area contributed by atoms with Crippen molar-refractivity contribution in [3.05, 3.63) is 0 Å². The summed E-state index contributed by atoms with van der Waals surface area (Å²) in [5.41, 5.74) is 0. The van der Waals surface area contributed by atoms with E-state index in [2.05, 4.69) is 12.2 Å². The predicted octanol–water partition coefficient (Wildman–Crippen LogP) is 3.83.